The Balaban J connectivity index is 1.25. The number of rotatable bonds is 0. The summed E-state index contributed by atoms with van der Waals surface area (Å²) >= 11 is 0. The van der Waals surface area contributed by atoms with Gasteiger partial charge in [0.05, 0.1) is 0 Å². The van der Waals surface area contributed by atoms with E-state index in [0.29, 0.717) is 0 Å². The molecule has 8 amide bonds. The summed E-state index contributed by atoms with van der Waals surface area (Å²) in [6.07, 6.45) is 0. The summed E-state index contributed by atoms with van der Waals surface area (Å²) in [4.78, 5) is 126. The average molecular weight is 877 g/mol. The van der Waals surface area contributed by atoms with Gasteiger partial charge in [-0.2, -0.15) is 0 Å². The monoisotopic (exact) mass is 876 g/mol. The van der Waals surface area contributed by atoms with E-state index in [0.717, 1.165) is 0 Å². The predicted octanol–water partition coefficient (Wildman–Crippen LogP) is -2.16. The molecule has 22 heteroatoms. The first-order valence-electron chi connectivity index (χ1n) is 20.6. The fourth-order valence-corrected chi connectivity index (χ4v) is 6.46. The second kappa shape index (κ2) is 22.9. The van der Waals surface area contributed by atoms with Crippen LogP contribution in [0.4, 0.5) is 0 Å². The number of carbonyl (C=O) groups is 8. The van der Waals surface area contributed by atoms with Crippen LogP contribution in [-0.4, -0.2) is 169 Å². The fourth-order valence-electron chi connectivity index (χ4n) is 6.46. The second-order valence-electron chi connectivity index (χ2n) is 14.4. The standard InChI is InChI=1S/C42H48N14O8/c57-35-27-5-1-7-29(51-27)37(59)45-15-21-55-23-17-47-39(61)31-9-3-11-33(53-31)41(63)49-19-25-56(26-20-50-42(64)34-12-4-10-32(54-34)40(62)48-18-24-55)22-16-46-38(60)30-8-2-6-28(52-30)36(58)44-14-13-43-35/h1-12H,13-26H2,(H,43,57)(H,44,58)(H,45,59)(H,46,60)(H,47,61)(H,48,62)(H,49,63)(H,50,64). The van der Waals surface area contributed by atoms with Gasteiger partial charge in [0.2, 0.25) is 0 Å². The highest BCUT2D eigenvalue weighted by Gasteiger charge is 2.19. The van der Waals surface area contributed by atoms with Gasteiger partial charge in [-0.1, -0.05) is 24.3 Å². The Hall–Kier alpha value is -7.72. The van der Waals surface area contributed by atoms with Crippen molar-refractivity contribution < 1.29 is 38.4 Å². The van der Waals surface area contributed by atoms with Gasteiger partial charge in [-0.15, -0.1) is 0 Å². The van der Waals surface area contributed by atoms with Gasteiger partial charge in [0.25, 0.3) is 47.3 Å². The van der Waals surface area contributed by atoms with E-state index >= 15 is 0 Å². The number of fused-ring (bicyclic) bond motifs is 23. The van der Waals surface area contributed by atoms with Crippen molar-refractivity contribution in [3.05, 3.63) is 118 Å². The first kappa shape index (κ1) is 45.8. The number of carbonyl (C=O) groups excluding carboxylic acids is 8. The smallest absolute Gasteiger partial charge is 0.269 e. The minimum Gasteiger partial charge on any atom is -0.349 e. The van der Waals surface area contributed by atoms with Crippen molar-refractivity contribution in [2.75, 3.05) is 91.6 Å². The van der Waals surface area contributed by atoms with Gasteiger partial charge in [0.1, 0.15) is 45.6 Å². The number of nitrogens with zero attached hydrogens (tertiary/aromatic N) is 6. The van der Waals surface area contributed by atoms with Crippen molar-refractivity contribution in [1.29, 1.82) is 0 Å². The molecule has 0 unspecified atom stereocenters. The number of aromatic nitrogens is 4. The summed E-state index contributed by atoms with van der Waals surface area (Å²) in [5.41, 5.74) is -0.0316. The van der Waals surface area contributed by atoms with E-state index in [1.807, 2.05) is 9.80 Å². The highest BCUT2D eigenvalue weighted by atomic mass is 16.2. The molecule has 0 saturated carbocycles. The molecule has 0 spiro atoms. The van der Waals surface area contributed by atoms with E-state index in [4.69, 9.17) is 0 Å². The molecule has 334 valence electrons. The molecule has 10 bridgehead atoms. The summed E-state index contributed by atoms with van der Waals surface area (Å²) in [5.74, 6) is -4.34. The lowest BCUT2D eigenvalue weighted by Gasteiger charge is -2.23. The highest BCUT2D eigenvalue weighted by molar-refractivity contribution is 5.99. The molecule has 7 rings (SSSR count). The van der Waals surface area contributed by atoms with Crippen LogP contribution in [0, 0.1) is 0 Å². The Morgan fingerprint density at radius 3 is 0.594 bits per heavy atom. The topological polar surface area (TPSA) is 291 Å². The number of nitrogens with one attached hydrogen (secondary N) is 8. The number of hydrogen-bond donors (Lipinski definition) is 8. The van der Waals surface area contributed by atoms with Crippen molar-refractivity contribution in [3.63, 3.8) is 0 Å². The molecule has 22 nitrogen and oxygen atoms in total. The predicted molar refractivity (Wildman–Crippen MR) is 228 cm³/mol. The third-order valence-corrected chi connectivity index (χ3v) is 9.84. The highest BCUT2D eigenvalue weighted by Crippen LogP contribution is 2.05. The quantitative estimate of drug-likeness (QED) is 0.0935. The van der Waals surface area contributed by atoms with E-state index in [-0.39, 0.29) is 137 Å². The lowest BCUT2D eigenvalue weighted by atomic mass is 10.2. The molecule has 3 aliphatic heterocycles. The second-order valence-corrected chi connectivity index (χ2v) is 14.4. The lowest BCUT2D eigenvalue weighted by molar-refractivity contribution is 0.0913. The molecule has 3 aliphatic rings. The SMILES string of the molecule is O=C1NCCNC(=O)c2cccc(n2)C(=O)NCCN2CCNC(=O)c3cccc(n3)C(=O)NCCN(CCNC(=O)c3cccc1n3)CCNC(=O)c1cccc(n1)C(=O)NCC2. The van der Waals surface area contributed by atoms with Gasteiger partial charge in [-0.3, -0.25) is 48.2 Å². The van der Waals surface area contributed by atoms with E-state index in [1.54, 1.807) is 12.1 Å². The molecule has 0 saturated heterocycles. The molecule has 64 heavy (non-hydrogen) atoms. The van der Waals surface area contributed by atoms with Crippen LogP contribution < -0.4 is 42.5 Å². The van der Waals surface area contributed by atoms with Crippen molar-refractivity contribution in [2.45, 2.75) is 0 Å². The van der Waals surface area contributed by atoms with Crippen LogP contribution in [0.25, 0.3) is 0 Å². The molecule has 4 aromatic heterocycles. The molecule has 0 aliphatic carbocycles. The van der Waals surface area contributed by atoms with Crippen LogP contribution >= 0.6 is 0 Å². The minimum atomic E-state index is -0.577. The van der Waals surface area contributed by atoms with Crippen molar-refractivity contribution in [1.82, 2.24) is 72.3 Å². The molecule has 8 N–H and O–H groups in total. The Bertz CT molecular complexity index is 2140. The van der Waals surface area contributed by atoms with Crippen molar-refractivity contribution in [3.8, 4) is 0 Å². The Morgan fingerprint density at radius 2 is 0.422 bits per heavy atom. The van der Waals surface area contributed by atoms with Gasteiger partial charge >= 0.3 is 0 Å². The van der Waals surface area contributed by atoms with Crippen LogP contribution in [0.2, 0.25) is 0 Å². The van der Waals surface area contributed by atoms with Gasteiger partial charge in [-0.05, 0) is 48.5 Å². The average Bonchev–Trinajstić information content (AvgIpc) is 3.31. The Labute approximate surface area is 367 Å². The van der Waals surface area contributed by atoms with Crippen LogP contribution in [0.15, 0.2) is 72.8 Å². The first-order valence-corrected chi connectivity index (χ1v) is 20.6. The maximum absolute atomic E-state index is 13.2. The van der Waals surface area contributed by atoms with Crippen molar-refractivity contribution in [2.24, 2.45) is 0 Å². The zero-order valence-electron chi connectivity index (χ0n) is 34.8. The minimum absolute atomic E-state index is 0.0155. The van der Waals surface area contributed by atoms with Crippen LogP contribution in [0.5, 0.6) is 0 Å². The van der Waals surface area contributed by atoms with Crippen LogP contribution in [0.3, 0.4) is 0 Å². The molecule has 4 aromatic rings. The van der Waals surface area contributed by atoms with E-state index in [9.17, 15) is 38.4 Å². The number of hydrogen-bond acceptors (Lipinski definition) is 14. The molecular formula is C42H48N14O8. The largest absolute Gasteiger partial charge is 0.349 e. The number of pyridine rings is 4. The zero-order chi connectivity index (χ0) is 45.3. The van der Waals surface area contributed by atoms with Gasteiger partial charge in [0.15, 0.2) is 0 Å². The summed E-state index contributed by atoms with van der Waals surface area (Å²) in [6, 6.07) is 17.8. The molecule has 7 heterocycles. The van der Waals surface area contributed by atoms with Crippen LogP contribution in [0.1, 0.15) is 83.9 Å². The summed E-state index contributed by atoms with van der Waals surface area (Å²) in [7, 11) is 0. The molecular weight excluding hydrogens is 829 g/mol. The number of amides is 8. The van der Waals surface area contributed by atoms with Crippen molar-refractivity contribution >= 4 is 47.3 Å². The first-order chi connectivity index (χ1) is 31.0. The third-order valence-electron chi connectivity index (χ3n) is 9.84. The Kier molecular flexibility index (Phi) is 16.4. The summed E-state index contributed by atoms with van der Waals surface area (Å²) in [6.45, 7) is 2.51. The normalized spacial score (nSPS) is 19.6. The van der Waals surface area contributed by atoms with Gasteiger partial charge in [0, 0.05) is 91.6 Å². The van der Waals surface area contributed by atoms with Gasteiger partial charge in [-0.25, -0.2) is 19.9 Å². The van der Waals surface area contributed by atoms with E-state index in [2.05, 4.69) is 62.5 Å². The fraction of sp³-hybridized carbons (Fsp3) is 0.333. The van der Waals surface area contributed by atoms with Gasteiger partial charge < -0.3 is 42.5 Å². The van der Waals surface area contributed by atoms with E-state index < -0.39 is 47.3 Å². The maximum Gasteiger partial charge on any atom is 0.269 e. The summed E-state index contributed by atoms with van der Waals surface area (Å²) in [5, 5.41) is 22.1. The molecule has 0 fully saturated rings. The summed E-state index contributed by atoms with van der Waals surface area (Å²) < 4.78 is 0. The molecule has 0 radical (unpaired) electrons. The lowest BCUT2D eigenvalue weighted by Crippen LogP contribution is -2.43. The third kappa shape index (κ3) is 13.4. The zero-order valence-corrected chi connectivity index (χ0v) is 34.8. The molecule has 0 atom stereocenters. The van der Waals surface area contributed by atoms with Crippen LogP contribution in [-0.2, 0) is 0 Å². The Morgan fingerprint density at radius 1 is 0.266 bits per heavy atom. The molecule has 0 aromatic carbocycles. The maximum atomic E-state index is 13.2. The van der Waals surface area contributed by atoms with E-state index in [1.165, 1.54) is 60.7 Å².